The third-order valence-electron chi connectivity index (χ3n) is 3.44. The molecule has 23 heavy (non-hydrogen) atoms. The lowest BCUT2D eigenvalue weighted by Gasteiger charge is -2.12. The lowest BCUT2D eigenvalue weighted by Crippen LogP contribution is -2.34. The third kappa shape index (κ3) is 4.88. The van der Waals surface area contributed by atoms with Crippen molar-refractivity contribution in [3.05, 3.63) is 63.6 Å². The number of carbonyl (C=O) groups excluding carboxylic acids is 1. The van der Waals surface area contributed by atoms with Gasteiger partial charge >= 0.3 is 0 Å². The first kappa shape index (κ1) is 17.6. The average Bonchev–Trinajstić information content (AvgIpc) is 2.50. The van der Waals surface area contributed by atoms with Crippen molar-refractivity contribution in [3.63, 3.8) is 0 Å². The monoisotopic (exact) mass is 390 g/mol. The molecule has 0 aliphatic rings. The molecule has 0 heterocycles. The number of halogens is 1. The van der Waals surface area contributed by atoms with Crippen molar-refractivity contribution in [3.8, 4) is 0 Å². The molecular formula is C18H19BrN2OS. The molecular weight excluding hydrogens is 372 g/mol. The maximum Gasteiger partial charge on any atom is 0.257 e. The predicted octanol–water partition coefficient (Wildman–Crippen LogP) is 5.01. The zero-order valence-corrected chi connectivity index (χ0v) is 15.7. The van der Waals surface area contributed by atoms with E-state index >= 15 is 0 Å². The first-order valence-electron chi connectivity index (χ1n) is 7.35. The predicted molar refractivity (Wildman–Crippen MR) is 103 cm³/mol. The van der Waals surface area contributed by atoms with Crippen molar-refractivity contribution in [2.45, 2.75) is 26.7 Å². The van der Waals surface area contributed by atoms with Gasteiger partial charge in [-0.05, 0) is 76.4 Å². The van der Waals surface area contributed by atoms with Crippen molar-refractivity contribution in [2.24, 2.45) is 0 Å². The van der Waals surface area contributed by atoms with Crippen LogP contribution >= 0.6 is 28.1 Å². The SMILES string of the molecule is Cc1ccc(NC(=S)NC(=O)c2ccc(C(C)C)cc2)c(Br)c1. The van der Waals surface area contributed by atoms with Crippen molar-refractivity contribution in [2.75, 3.05) is 5.32 Å². The number of rotatable bonds is 3. The summed E-state index contributed by atoms with van der Waals surface area (Å²) in [5.41, 5.74) is 3.74. The second-order valence-corrected chi connectivity index (χ2v) is 6.93. The van der Waals surface area contributed by atoms with Crippen LogP contribution in [0.3, 0.4) is 0 Å². The minimum absolute atomic E-state index is 0.221. The lowest BCUT2D eigenvalue weighted by molar-refractivity contribution is 0.0977. The molecule has 0 unspecified atom stereocenters. The summed E-state index contributed by atoms with van der Waals surface area (Å²) in [5.74, 6) is 0.217. The Labute approximate surface area is 150 Å². The number of benzene rings is 2. The van der Waals surface area contributed by atoms with E-state index < -0.39 is 0 Å². The highest BCUT2D eigenvalue weighted by atomic mass is 79.9. The minimum atomic E-state index is -0.221. The summed E-state index contributed by atoms with van der Waals surface area (Å²) >= 11 is 8.68. The van der Waals surface area contributed by atoms with Crippen LogP contribution in [0.5, 0.6) is 0 Å². The third-order valence-corrected chi connectivity index (χ3v) is 4.30. The molecule has 1 amide bonds. The number of hydrogen-bond donors (Lipinski definition) is 2. The fourth-order valence-electron chi connectivity index (χ4n) is 2.07. The molecule has 0 fully saturated rings. The molecule has 0 radical (unpaired) electrons. The summed E-state index contributed by atoms with van der Waals surface area (Å²) in [5, 5.41) is 5.99. The topological polar surface area (TPSA) is 41.1 Å². The average molecular weight is 391 g/mol. The number of anilines is 1. The molecule has 0 spiro atoms. The van der Waals surface area contributed by atoms with Crippen molar-refractivity contribution in [1.29, 1.82) is 0 Å². The first-order chi connectivity index (χ1) is 10.9. The second kappa shape index (κ2) is 7.70. The van der Waals surface area contributed by atoms with Gasteiger partial charge in [0.2, 0.25) is 0 Å². The van der Waals surface area contributed by atoms with E-state index in [1.54, 1.807) is 0 Å². The smallest absolute Gasteiger partial charge is 0.257 e. The van der Waals surface area contributed by atoms with Crippen LogP contribution in [-0.4, -0.2) is 11.0 Å². The zero-order valence-electron chi connectivity index (χ0n) is 13.3. The number of nitrogens with one attached hydrogen (secondary N) is 2. The van der Waals surface area contributed by atoms with Gasteiger partial charge in [0.05, 0.1) is 5.69 Å². The van der Waals surface area contributed by atoms with E-state index in [9.17, 15) is 4.79 Å². The van der Waals surface area contributed by atoms with Crippen LogP contribution in [-0.2, 0) is 0 Å². The number of carbonyl (C=O) groups is 1. The summed E-state index contributed by atoms with van der Waals surface area (Å²) in [6.07, 6.45) is 0. The molecule has 2 aromatic rings. The van der Waals surface area contributed by atoms with E-state index in [2.05, 4.69) is 40.4 Å². The van der Waals surface area contributed by atoms with Crippen molar-refractivity contribution < 1.29 is 4.79 Å². The van der Waals surface area contributed by atoms with E-state index in [-0.39, 0.29) is 11.0 Å². The molecule has 0 atom stereocenters. The van der Waals surface area contributed by atoms with Crippen LogP contribution in [0.1, 0.15) is 41.3 Å². The fourth-order valence-corrected chi connectivity index (χ4v) is 2.86. The Morgan fingerprint density at radius 3 is 2.35 bits per heavy atom. The van der Waals surface area contributed by atoms with Gasteiger partial charge in [0.25, 0.3) is 5.91 Å². The highest BCUT2D eigenvalue weighted by molar-refractivity contribution is 9.10. The van der Waals surface area contributed by atoms with E-state index in [1.165, 1.54) is 5.56 Å². The molecule has 5 heteroatoms. The quantitative estimate of drug-likeness (QED) is 0.723. The molecule has 0 aliphatic carbocycles. The molecule has 2 N–H and O–H groups in total. The van der Waals surface area contributed by atoms with Gasteiger partial charge in [0, 0.05) is 10.0 Å². The molecule has 120 valence electrons. The lowest BCUT2D eigenvalue weighted by atomic mass is 10.0. The molecule has 0 saturated heterocycles. The van der Waals surface area contributed by atoms with Crippen LogP contribution in [0.4, 0.5) is 5.69 Å². The maximum absolute atomic E-state index is 12.2. The van der Waals surface area contributed by atoms with Gasteiger partial charge < -0.3 is 5.32 Å². The van der Waals surface area contributed by atoms with Gasteiger partial charge in [-0.25, -0.2) is 0 Å². The maximum atomic E-state index is 12.2. The van der Waals surface area contributed by atoms with E-state index in [0.717, 1.165) is 15.7 Å². The van der Waals surface area contributed by atoms with Gasteiger partial charge in [-0.3, -0.25) is 10.1 Å². The van der Waals surface area contributed by atoms with E-state index in [4.69, 9.17) is 12.2 Å². The van der Waals surface area contributed by atoms with Crippen molar-refractivity contribution >= 4 is 44.9 Å². The molecule has 2 rings (SSSR count). The first-order valence-corrected chi connectivity index (χ1v) is 8.55. The fraction of sp³-hybridized carbons (Fsp3) is 0.222. The van der Waals surface area contributed by atoms with Gasteiger partial charge in [-0.15, -0.1) is 0 Å². The Bertz CT molecular complexity index is 726. The standard InChI is InChI=1S/C18H19BrN2OS/c1-11(2)13-5-7-14(8-6-13)17(22)21-18(23)20-16-9-4-12(3)10-15(16)19/h4-11H,1-3H3,(H2,20,21,22,23). The summed E-state index contributed by atoms with van der Waals surface area (Å²) < 4.78 is 0.899. The molecule has 0 aliphatic heterocycles. The molecule has 0 bridgehead atoms. The summed E-state index contributed by atoms with van der Waals surface area (Å²) in [4.78, 5) is 12.2. The molecule has 2 aromatic carbocycles. The van der Waals surface area contributed by atoms with Crippen LogP contribution < -0.4 is 10.6 Å². The van der Waals surface area contributed by atoms with Crippen LogP contribution in [0.15, 0.2) is 46.9 Å². The molecule has 0 saturated carbocycles. The summed E-state index contributed by atoms with van der Waals surface area (Å²) in [6.45, 7) is 6.25. The van der Waals surface area contributed by atoms with Gasteiger partial charge in [0.1, 0.15) is 0 Å². The number of amides is 1. The Balaban J connectivity index is 2.00. The number of hydrogen-bond acceptors (Lipinski definition) is 2. The zero-order chi connectivity index (χ0) is 17.0. The Kier molecular flexibility index (Phi) is 5.91. The van der Waals surface area contributed by atoms with Gasteiger partial charge in [0.15, 0.2) is 5.11 Å². The number of thiocarbonyl (C=S) groups is 1. The minimum Gasteiger partial charge on any atom is -0.331 e. The Morgan fingerprint density at radius 1 is 1.13 bits per heavy atom. The van der Waals surface area contributed by atoms with Crippen LogP contribution in [0.2, 0.25) is 0 Å². The Morgan fingerprint density at radius 2 is 1.78 bits per heavy atom. The normalized spacial score (nSPS) is 10.5. The highest BCUT2D eigenvalue weighted by Gasteiger charge is 2.09. The van der Waals surface area contributed by atoms with Gasteiger partial charge in [-0.2, -0.15) is 0 Å². The highest BCUT2D eigenvalue weighted by Crippen LogP contribution is 2.23. The van der Waals surface area contributed by atoms with Gasteiger partial charge in [-0.1, -0.05) is 32.0 Å². The van der Waals surface area contributed by atoms with Crippen LogP contribution in [0, 0.1) is 6.92 Å². The number of aryl methyl sites for hydroxylation is 1. The largest absolute Gasteiger partial charge is 0.331 e. The van der Waals surface area contributed by atoms with E-state index in [1.807, 2.05) is 49.4 Å². The second-order valence-electron chi connectivity index (χ2n) is 5.67. The Hall–Kier alpha value is -1.72. The summed E-state index contributed by atoms with van der Waals surface area (Å²) in [7, 11) is 0. The molecule has 3 nitrogen and oxygen atoms in total. The molecule has 0 aromatic heterocycles. The van der Waals surface area contributed by atoms with E-state index in [0.29, 0.717) is 11.5 Å². The summed E-state index contributed by atoms with van der Waals surface area (Å²) in [6, 6.07) is 13.4. The van der Waals surface area contributed by atoms with Crippen molar-refractivity contribution in [1.82, 2.24) is 5.32 Å². The van der Waals surface area contributed by atoms with Crippen LogP contribution in [0.25, 0.3) is 0 Å².